The van der Waals surface area contributed by atoms with Crippen LogP contribution in [0.3, 0.4) is 0 Å². The Morgan fingerprint density at radius 3 is 2.56 bits per heavy atom. The van der Waals surface area contributed by atoms with Crippen molar-refractivity contribution in [3.05, 3.63) is 35.1 Å². The minimum Gasteiger partial charge on any atom is -0.497 e. The highest BCUT2D eigenvalue weighted by Gasteiger charge is 2.59. The molecule has 9 heteroatoms. The van der Waals surface area contributed by atoms with Crippen molar-refractivity contribution < 1.29 is 38.4 Å². The molecule has 39 heavy (non-hydrogen) atoms. The smallest absolute Gasteiger partial charge is 0.339 e. The van der Waals surface area contributed by atoms with Crippen molar-refractivity contribution in [1.29, 1.82) is 0 Å². The summed E-state index contributed by atoms with van der Waals surface area (Å²) >= 11 is 0. The van der Waals surface area contributed by atoms with Crippen LogP contribution < -0.4 is 9.47 Å². The molecule has 1 aromatic rings. The Morgan fingerprint density at radius 2 is 1.87 bits per heavy atom. The molecule has 3 aliphatic heterocycles. The fraction of sp³-hybridized carbons (Fsp3) is 0.667. The molecule has 0 amide bonds. The predicted molar refractivity (Wildman–Crippen MR) is 142 cm³/mol. The summed E-state index contributed by atoms with van der Waals surface area (Å²) in [5, 5.41) is 11.6. The van der Waals surface area contributed by atoms with Crippen LogP contribution in [0.15, 0.2) is 24.0 Å². The van der Waals surface area contributed by atoms with Gasteiger partial charge in [0, 0.05) is 6.54 Å². The van der Waals surface area contributed by atoms with Crippen molar-refractivity contribution in [2.75, 3.05) is 34.1 Å². The van der Waals surface area contributed by atoms with E-state index in [1.807, 2.05) is 12.1 Å². The number of benzene rings is 1. The summed E-state index contributed by atoms with van der Waals surface area (Å²) in [4.78, 5) is 28.6. The molecule has 1 spiro atoms. The van der Waals surface area contributed by atoms with E-state index in [0.29, 0.717) is 17.9 Å². The number of fused-ring (bicyclic) bond motifs is 3. The Bertz CT molecular complexity index is 1160. The number of carbonyl (C=O) groups is 2. The van der Waals surface area contributed by atoms with Crippen LogP contribution in [0.2, 0.25) is 0 Å². The number of nitrogens with zero attached hydrogens (tertiary/aromatic N) is 1. The van der Waals surface area contributed by atoms with E-state index in [2.05, 4.69) is 31.7 Å². The summed E-state index contributed by atoms with van der Waals surface area (Å²) in [5.74, 6) is 0.204. The highest BCUT2D eigenvalue weighted by molar-refractivity contribution is 5.86. The molecule has 3 heterocycles. The van der Waals surface area contributed by atoms with Crippen molar-refractivity contribution in [3.63, 3.8) is 0 Å². The number of hydrogen-bond acceptors (Lipinski definition) is 9. The number of aliphatic hydroxyl groups is 1. The topological polar surface area (TPSA) is 104 Å². The van der Waals surface area contributed by atoms with Gasteiger partial charge in [0.25, 0.3) is 0 Å². The summed E-state index contributed by atoms with van der Waals surface area (Å²) in [5.41, 5.74) is -0.219. The molecule has 5 rings (SSSR count). The molecule has 0 bridgehead atoms. The second-order valence-electron chi connectivity index (χ2n) is 12.5. The summed E-state index contributed by atoms with van der Waals surface area (Å²) in [7, 11) is 2.83. The molecular weight excluding hydrogens is 502 g/mol. The lowest BCUT2D eigenvalue weighted by Crippen LogP contribution is -2.49. The quantitative estimate of drug-likeness (QED) is 0.490. The zero-order valence-corrected chi connectivity index (χ0v) is 23.7. The first-order valence-electron chi connectivity index (χ1n) is 13.9. The van der Waals surface area contributed by atoms with E-state index >= 15 is 0 Å². The largest absolute Gasteiger partial charge is 0.497 e. The van der Waals surface area contributed by atoms with Crippen LogP contribution in [0.25, 0.3) is 0 Å². The lowest BCUT2D eigenvalue weighted by molar-refractivity contribution is -0.178. The first-order valence-corrected chi connectivity index (χ1v) is 13.9. The number of ether oxygens (including phenoxy) is 5. The van der Waals surface area contributed by atoms with Gasteiger partial charge in [-0.05, 0) is 79.8 Å². The van der Waals surface area contributed by atoms with E-state index in [0.717, 1.165) is 55.6 Å². The molecule has 4 atom stereocenters. The first-order chi connectivity index (χ1) is 18.5. The van der Waals surface area contributed by atoms with Crippen molar-refractivity contribution in [2.45, 2.75) is 88.9 Å². The zero-order chi connectivity index (χ0) is 28.0. The monoisotopic (exact) mass is 543 g/mol. The number of carbonyl (C=O) groups excluding carboxylic acids is 2. The summed E-state index contributed by atoms with van der Waals surface area (Å²) < 4.78 is 28.3. The second-order valence-corrected chi connectivity index (χ2v) is 12.5. The van der Waals surface area contributed by atoms with E-state index in [-0.39, 0.29) is 30.1 Å². The van der Waals surface area contributed by atoms with Gasteiger partial charge in [-0.3, -0.25) is 9.69 Å². The molecule has 0 aromatic heterocycles. The molecule has 0 unspecified atom stereocenters. The number of hydrogen-bond donors (Lipinski definition) is 1. The summed E-state index contributed by atoms with van der Waals surface area (Å²) in [6, 6.07) is 4.06. The third-order valence-corrected chi connectivity index (χ3v) is 8.76. The molecule has 1 aliphatic carbocycles. The predicted octanol–water partition coefficient (Wildman–Crippen LogP) is 3.86. The van der Waals surface area contributed by atoms with Crippen molar-refractivity contribution in [1.82, 2.24) is 4.90 Å². The average Bonchev–Trinajstić information content (AvgIpc) is 3.56. The van der Waals surface area contributed by atoms with Crippen LogP contribution in [-0.2, 0) is 30.2 Å². The average molecular weight is 544 g/mol. The van der Waals surface area contributed by atoms with Gasteiger partial charge in [-0.1, -0.05) is 20.8 Å². The van der Waals surface area contributed by atoms with Gasteiger partial charge in [0.1, 0.15) is 5.76 Å². The van der Waals surface area contributed by atoms with E-state index in [1.165, 1.54) is 7.11 Å². The molecular formula is C30H41NO8. The van der Waals surface area contributed by atoms with E-state index in [9.17, 15) is 14.7 Å². The number of esters is 2. The second kappa shape index (κ2) is 10.3. The van der Waals surface area contributed by atoms with Gasteiger partial charge in [0.15, 0.2) is 23.2 Å². The van der Waals surface area contributed by atoms with E-state index < -0.39 is 30.1 Å². The summed E-state index contributed by atoms with van der Waals surface area (Å²) in [6.07, 6.45) is 5.04. The first kappa shape index (κ1) is 27.8. The SMILES string of the molecule is COC(=O)C[C@](O)(CCCC(C)(C)C)C(=O)O[C@@H]1C(OC)=C[C@]23CCCN2CCc2cc4c(cc2[C@H]13)OCO4. The Balaban J connectivity index is 1.50. The molecule has 1 aromatic carbocycles. The van der Waals surface area contributed by atoms with Crippen molar-refractivity contribution in [2.24, 2.45) is 5.41 Å². The van der Waals surface area contributed by atoms with Crippen LogP contribution in [-0.4, -0.2) is 73.3 Å². The Labute approximate surface area is 230 Å². The van der Waals surface area contributed by atoms with Gasteiger partial charge >= 0.3 is 11.9 Å². The van der Waals surface area contributed by atoms with Gasteiger partial charge in [0.2, 0.25) is 6.79 Å². The van der Waals surface area contributed by atoms with Gasteiger partial charge in [-0.25, -0.2) is 4.79 Å². The Hall–Kier alpha value is -2.78. The molecule has 1 saturated heterocycles. The van der Waals surface area contributed by atoms with Crippen LogP contribution >= 0.6 is 0 Å². The lowest BCUT2D eigenvalue weighted by atomic mass is 9.77. The van der Waals surface area contributed by atoms with E-state index in [1.54, 1.807) is 7.11 Å². The van der Waals surface area contributed by atoms with Crippen LogP contribution in [0.5, 0.6) is 11.5 Å². The van der Waals surface area contributed by atoms with Crippen molar-refractivity contribution in [3.8, 4) is 11.5 Å². The third-order valence-electron chi connectivity index (χ3n) is 8.76. The molecule has 1 N–H and O–H groups in total. The zero-order valence-electron chi connectivity index (χ0n) is 23.7. The molecule has 0 radical (unpaired) electrons. The van der Waals surface area contributed by atoms with Gasteiger partial charge in [0.05, 0.1) is 32.1 Å². The Morgan fingerprint density at radius 1 is 1.13 bits per heavy atom. The fourth-order valence-electron chi connectivity index (χ4n) is 6.80. The van der Waals surface area contributed by atoms with Gasteiger partial charge in [-0.15, -0.1) is 0 Å². The molecule has 1 fully saturated rings. The maximum Gasteiger partial charge on any atom is 0.339 e. The minimum absolute atomic E-state index is 0.0158. The highest BCUT2D eigenvalue weighted by atomic mass is 16.7. The number of rotatable bonds is 8. The maximum atomic E-state index is 13.8. The van der Waals surface area contributed by atoms with Crippen molar-refractivity contribution >= 4 is 11.9 Å². The van der Waals surface area contributed by atoms with E-state index in [4.69, 9.17) is 23.7 Å². The van der Waals surface area contributed by atoms with Crippen LogP contribution in [0.4, 0.5) is 0 Å². The van der Waals surface area contributed by atoms with Gasteiger partial charge in [-0.2, -0.15) is 0 Å². The van der Waals surface area contributed by atoms with Crippen LogP contribution in [0.1, 0.15) is 76.3 Å². The Kier molecular flexibility index (Phi) is 7.35. The standard InChI is InChI=1S/C30H41NO8/c1-28(2,3)9-6-11-30(34,17-24(32)36-5)27(33)39-26-23(35-4)16-29-10-7-12-31(29)13-8-19-14-21-22(38-18-37-21)15-20(19)25(26)29/h14-16,25-26,34H,6-13,17-18H2,1-5H3/t25-,26-,29+,30-/m1/s1. The third kappa shape index (κ3) is 5.11. The normalized spacial score (nSPS) is 27.0. The lowest BCUT2D eigenvalue weighted by Gasteiger charge is -2.39. The highest BCUT2D eigenvalue weighted by Crippen LogP contribution is 2.55. The van der Waals surface area contributed by atoms with Gasteiger partial charge < -0.3 is 28.8 Å². The fourth-order valence-corrected chi connectivity index (χ4v) is 6.80. The molecule has 0 saturated carbocycles. The minimum atomic E-state index is -2.01. The van der Waals surface area contributed by atoms with Crippen LogP contribution in [0, 0.1) is 5.41 Å². The molecule has 9 nitrogen and oxygen atoms in total. The molecule has 4 aliphatic rings. The number of methoxy groups -OCH3 is 2. The molecule has 214 valence electrons. The maximum absolute atomic E-state index is 13.8. The summed E-state index contributed by atoms with van der Waals surface area (Å²) in [6.45, 7) is 8.26.